The third-order valence-corrected chi connectivity index (χ3v) is 6.23. The van der Waals surface area contributed by atoms with Crippen molar-refractivity contribution in [1.82, 2.24) is 10.2 Å². The quantitative estimate of drug-likeness (QED) is 0.391. The lowest BCUT2D eigenvalue weighted by Crippen LogP contribution is -2.05. The van der Waals surface area contributed by atoms with Crippen LogP contribution >= 0.6 is 23.1 Å². The van der Waals surface area contributed by atoms with Crippen LogP contribution in [0.15, 0.2) is 46.8 Å². The number of thioether (sulfide) groups is 1. The summed E-state index contributed by atoms with van der Waals surface area (Å²) in [7, 11) is 0. The standard InChI is InChI=1S/C21H23N3OS2/c1-13(2)16-7-9-17(10-8-16)22-20-23-24-21(27-20)26-12-19(25)18-11-14(3)5-6-15(18)4/h5-11,13H,12H2,1-4H3,(H,22,23). The van der Waals surface area contributed by atoms with E-state index in [0.717, 1.165) is 31.8 Å². The summed E-state index contributed by atoms with van der Waals surface area (Å²) in [5, 5.41) is 12.4. The first-order valence-electron chi connectivity index (χ1n) is 8.86. The molecule has 1 heterocycles. The Morgan fingerprint density at radius 1 is 1.11 bits per heavy atom. The lowest BCUT2D eigenvalue weighted by atomic mass is 10.0. The van der Waals surface area contributed by atoms with E-state index in [0.29, 0.717) is 11.7 Å². The van der Waals surface area contributed by atoms with Crippen LogP contribution in [0.5, 0.6) is 0 Å². The van der Waals surface area contributed by atoms with E-state index in [9.17, 15) is 4.79 Å². The van der Waals surface area contributed by atoms with Gasteiger partial charge < -0.3 is 5.32 Å². The number of rotatable bonds is 7. The van der Waals surface area contributed by atoms with E-state index in [1.165, 1.54) is 28.7 Å². The highest BCUT2D eigenvalue weighted by atomic mass is 32.2. The van der Waals surface area contributed by atoms with E-state index in [-0.39, 0.29) is 5.78 Å². The predicted molar refractivity (Wildman–Crippen MR) is 115 cm³/mol. The molecule has 4 nitrogen and oxygen atoms in total. The fourth-order valence-corrected chi connectivity index (χ4v) is 4.29. The highest BCUT2D eigenvalue weighted by molar-refractivity contribution is 8.01. The van der Waals surface area contributed by atoms with Crippen molar-refractivity contribution in [3.8, 4) is 0 Å². The molecule has 2 aromatic carbocycles. The molecule has 1 N–H and O–H groups in total. The molecule has 0 aliphatic carbocycles. The average molecular weight is 398 g/mol. The highest BCUT2D eigenvalue weighted by Crippen LogP contribution is 2.29. The molecule has 27 heavy (non-hydrogen) atoms. The number of aryl methyl sites for hydroxylation is 2. The van der Waals surface area contributed by atoms with Crippen molar-refractivity contribution in [3.05, 3.63) is 64.7 Å². The number of Topliss-reactive ketones (excluding diaryl/α,β-unsaturated/α-hetero) is 1. The number of ketones is 1. The fraction of sp³-hybridized carbons (Fsp3) is 0.286. The molecule has 3 aromatic rings. The largest absolute Gasteiger partial charge is 0.330 e. The molecule has 0 bridgehead atoms. The molecule has 0 saturated carbocycles. The van der Waals surface area contributed by atoms with Gasteiger partial charge in [0, 0.05) is 11.3 Å². The Kier molecular flexibility index (Phi) is 6.29. The van der Waals surface area contributed by atoms with Crippen LogP contribution in [0, 0.1) is 13.8 Å². The number of nitrogens with one attached hydrogen (secondary N) is 1. The van der Waals surface area contributed by atoms with Gasteiger partial charge in [0.1, 0.15) is 0 Å². The lowest BCUT2D eigenvalue weighted by molar-refractivity contribution is 0.102. The second kappa shape index (κ2) is 8.67. The van der Waals surface area contributed by atoms with E-state index in [4.69, 9.17) is 0 Å². The van der Waals surface area contributed by atoms with Crippen molar-refractivity contribution < 1.29 is 4.79 Å². The van der Waals surface area contributed by atoms with Crippen LogP contribution < -0.4 is 5.32 Å². The number of anilines is 2. The average Bonchev–Trinajstić information content (AvgIpc) is 3.09. The zero-order chi connectivity index (χ0) is 19.4. The Balaban J connectivity index is 1.59. The second-order valence-corrected chi connectivity index (χ2v) is 9.01. The summed E-state index contributed by atoms with van der Waals surface area (Å²) in [5.74, 6) is 0.996. The minimum absolute atomic E-state index is 0.121. The van der Waals surface area contributed by atoms with E-state index < -0.39 is 0 Å². The van der Waals surface area contributed by atoms with Crippen molar-refractivity contribution in [3.63, 3.8) is 0 Å². The molecule has 0 fully saturated rings. The minimum atomic E-state index is 0.121. The summed E-state index contributed by atoms with van der Waals surface area (Å²) in [6.45, 7) is 8.32. The molecule has 6 heteroatoms. The number of carbonyl (C=O) groups excluding carboxylic acids is 1. The van der Waals surface area contributed by atoms with Crippen molar-refractivity contribution >= 4 is 39.7 Å². The van der Waals surface area contributed by atoms with E-state index >= 15 is 0 Å². The summed E-state index contributed by atoms with van der Waals surface area (Å²) >= 11 is 2.89. The number of nitrogens with zero attached hydrogens (tertiary/aromatic N) is 2. The van der Waals surface area contributed by atoms with Gasteiger partial charge in [-0.1, -0.05) is 66.8 Å². The first-order chi connectivity index (χ1) is 12.9. The molecule has 0 aliphatic rings. The smallest absolute Gasteiger partial charge is 0.210 e. The van der Waals surface area contributed by atoms with Gasteiger partial charge in [-0.25, -0.2) is 0 Å². The van der Waals surface area contributed by atoms with E-state index in [1.807, 2.05) is 44.2 Å². The van der Waals surface area contributed by atoms with Gasteiger partial charge in [-0.3, -0.25) is 4.79 Å². The van der Waals surface area contributed by atoms with Gasteiger partial charge in [0.05, 0.1) is 5.75 Å². The van der Waals surface area contributed by atoms with Crippen LogP contribution in [0.25, 0.3) is 0 Å². The summed E-state index contributed by atoms with van der Waals surface area (Å²) in [6.07, 6.45) is 0. The maximum Gasteiger partial charge on any atom is 0.210 e. The zero-order valence-corrected chi connectivity index (χ0v) is 17.6. The minimum Gasteiger partial charge on any atom is -0.330 e. The van der Waals surface area contributed by atoms with Crippen molar-refractivity contribution in [1.29, 1.82) is 0 Å². The van der Waals surface area contributed by atoms with Gasteiger partial charge in [-0.2, -0.15) is 0 Å². The fourth-order valence-electron chi connectivity index (χ4n) is 2.63. The molecule has 140 valence electrons. The van der Waals surface area contributed by atoms with Gasteiger partial charge in [-0.15, -0.1) is 10.2 Å². The second-order valence-electron chi connectivity index (χ2n) is 6.81. The van der Waals surface area contributed by atoms with Crippen LogP contribution in [0.2, 0.25) is 0 Å². The van der Waals surface area contributed by atoms with Crippen molar-refractivity contribution in [2.45, 2.75) is 38.0 Å². The van der Waals surface area contributed by atoms with Gasteiger partial charge in [0.25, 0.3) is 0 Å². The molecular formula is C21H23N3OS2. The topological polar surface area (TPSA) is 54.9 Å². The zero-order valence-electron chi connectivity index (χ0n) is 15.9. The van der Waals surface area contributed by atoms with E-state index in [1.54, 1.807) is 0 Å². The summed E-state index contributed by atoms with van der Waals surface area (Å²) in [5.41, 5.74) is 5.18. The highest BCUT2D eigenvalue weighted by Gasteiger charge is 2.12. The molecule has 0 radical (unpaired) electrons. The third kappa shape index (κ3) is 5.17. The van der Waals surface area contributed by atoms with Crippen LogP contribution in [-0.4, -0.2) is 21.7 Å². The van der Waals surface area contributed by atoms with Gasteiger partial charge in [0.2, 0.25) is 5.13 Å². The molecule has 0 unspecified atom stereocenters. The summed E-state index contributed by atoms with van der Waals surface area (Å²) in [6, 6.07) is 14.3. The Bertz CT molecular complexity index is 933. The summed E-state index contributed by atoms with van der Waals surface area (Å²) < 4.78 is 0.787. The van der Waals surface area contributed by atoms with E-state index in [2.05, 4.69) is 41.5 Å². The molecule has 0 amide bonds. The Morgan fingerprint density at radius 2 is 1.85 bits per heavy atom. The molecular weight excluding hydrogens is 374 g/mol. The van der Waals surface area contributed by atoms with Gasteiger partial charge in [0.15, 0.2) is 10.1 Å². The molecule has 3 rings (SSSR count). The number of benzene rings is 2. The molecule has 0 spiro atoms. The lowest BCUT2D eigenvalue weighted by Gasteiger charge is -2.06. The first-order valence-corrected chi connectivity index (χ1v) is 10.7. The number of hydrogen-bond donors (Lipinski definition) is 1. The molecule has 0 atom stereocenters. The van der Waals surface area contributed by atoms with Gasteiger partial charge in [-0.05, 0) is 49.1 Å². The monoisotopic (exact) mass is 397 g/mol. The normalized spacial score (nSPS) is 11.0. The third-order valence-electron chi connectivity index (χ3n) is 4.26. The van der Waals surface area contributed by atoms with Crippen LogP contribution in [0.1, 0.15) is 46.8 Å². The van der Waals surface area contributed by atoms with Crippen LogP contribution in [0.4, 0.5) is 10.8 Å². The van der Waals surface area contributed by atoms with Crippen molar-refractivity contribution in [2.75, 3.05) is 11.1 Å². The maximum absolute atomic E-state index is 12.5. The predicted octanol–water partition coefficient (Wildman–Crippen LogP) is 6.00. The first kappa shape index (κ1) is 19.6. The summed E-state index contributed by atoms with van der Waals surface area (Å²) in [4.78, 5) is 12.5. The molecule has 1 aromatic heterocycles. The number of aromatic nitrogens is 2. The molecule has 0 aliphatic heterocycles. The SMILES string of the molecule is Cc1ccc(C)c(C(=O)CSc2nnc(Nc3ccc(C(C)C)cc3)s2)c1. The van der Waals surface area contributed by atoms with Crippen LogP contribution in [-0.2, 0) is 0 Å². The number of carbonyl (C=O) groups is 1. The van der Waals surface area contributed by atoms with Crippen molar-refractivity contribution in [2.24, 2.45) is 0 Å². The molecule has 0 saturated heterocycles. The Labute approximate surface area is 168 Å². The maximum atomic E-state index is 12.5. The Hall–Kier alpha value is -2.18. The van der Waals surface area contributed by atoms with Crippen LogP contribution in [0.3, 0.4) is 0 Å². The Morgan fingerprint density at radius 3 is 2.56 bits per heavy atom. The van der Waals surface area contributed by atoms with Gasteiger partial charge >= 0.3 is 0 Å². The number of hydrogen-bond acceptors (Lipinski definition) is 6.